The van der Waals surface area contributed by atoms with Crippen molar-refractivity contribution in [2.24, 2.45) is 0 Å². The second-order valence-corrected chi connectivity index (χ2v) is 6.81. The van der Waals surface area contributed by atoms with Gasteiger partial charge in [0, 0.05) is 19.8 Å². The summed E-state index contributed by atoms with van der Waals surface area (Å²) in [5, 5.41) is 4.90. The first-order valence-corrected chi connectivity index (χ1v) is 9.79. The van der Waals surface area contributed by atoms with Crippen LogP contribution in [0.25, 0.3) is 0 Å². The van der Waals surface area contributed by atoms with Crippen LogP contribution >= 0.6 is 11.6 Å². The number of hydrogen-bond donors (Lipinski definition) is 0. The van der Waals surface area contributed by atoms with Crippen molar-refractivity contribution < 1.29 is 18.7 Å². The SMILES string of the molecule is CCOc1ccc(OCc2ccc(C(=O)N(C)Cc3nn(CC)cc3Cl)o2)cc1. The second-order valence-electron chi connectivity index (χ2n) is 6.40. The summed E-state index contributed by atoms with van der Waals surface area (Å²) in [5.41, 5.74) is 0.648. The highest BCUT2D eigenvalue weighted by Crippen LogP contribution is 2.20. The third-order valence-corrected chi connectivity index (χ3v) is 4.55. The first-order valence-electron chi connectivity index (χ1n) is 9.41. The molecule has 0 spiro atoms. The number of carbonyl (C=O) groups is 1. The van der Waals surface area contributed by atoms with Crippen LogP contribution < -0.4 is 9.47 Å². The Labute approximate surface area is 174 Å². The van der Waals surface area contributed by atoms with Gasteiger partial charge in [-0.25, -0.2) is 0 Å². The Morgan fingerprint density at radius 2 is 1.83 bits per heavy atom. The molecule has 3 aromatic rings. The molecule has 154 valence electrons. The van der Waals surface area contributed by atoms with Crippen LogP contribution in [0.15, 0.2) is 47.0 Å². The lowest BCUT2D eigenvalue weighted by atomic mass is 10.3. The fourth-order valence-corrected chi connectivity index (χ4v) is 2.92. The van der Waals surface area contributed by atoms with Gasteiger partial charge in [0.1, 0.15) is 29.6 Å². The van der Waals surface area contributed by atoms with E-state index < -0.39 is 0 Å². The van der Waals surface area contributed by atoms with Crippen LogP contribution in [0.2, 0.25) is 5.02 Å². The highest BCUT2D eigenvalue weighted by atomic mass is 35.5. The van der Waals surface area contributed by atoms with Crippen molar-refractivity contribution in [1.29, 1.82) is 0 Å². The van der Waals surface area contributed by atoms with Crippen molar-refractivity contribution in [1.82, 2.24) is 14.7 Å². The number of carbonyl (C=O) groups excluding carboxylic acids is 1. The van der Waals surface area contributed by atoms with E-state index in [9.17, 15) is 4.79 Å². The number of amides is 1. The molecule has 3 rings (SSSR count). The molecule has 0 N–H and O–H groups in total. The molecule has 0 aliphatic rings. The number of aromatic nitrogens is 2. The van der Waals surface area contributed by atoms with Gasteiger partial charge in [0.2, 0.25) is 0 Å². The molecule has 2 heterocycles. The first-order chi connectivity index (χ1) is 14.0. The lowest BCUT2D eigenvalue weighted by Crippen LogP contribution is -2.26. The lowest BCUT2D eigenvalue weighted by molar-refractivity contribution is 0.0747. The van der Waals surface area contributed by atoms with Gasteiger partial charge in [0.25, 0.3) is 5.91 Å². The quantitative estimate of drug-likeness (QED) is 0.516. The van der Waals surface area contributed by atoms with Gasteiger partial charge >= 0.3 is 0 Å². The predicted octanol–water partition coefficient (Wildman–Crippen LogP) is 4.40. The van der Waals surface area contributed by atoms with Crippen LogP contribution in [0, 0.1) is 0 Å². The van der Waals surface area contributed by atoms with E-state index in [1.165, 1.54) is 4.90 Å². The minimum absolute atomic E-state index is 0.220. The smallest absolute Gasteiger partial charge is 0.289 e. The molecule has 29 heavy (non-hydrogen) atoms. The van der Waals surface area contributed by atoms with E-state index in [1.807, 2.05) is 38.1 Å². The summed E-state index contributed by atoms with van der Waals surface area (Å²) in [6, 6.07) is 10.7. The third kappa shape index (κ3) is 5.32. The molecular weight excluding hydrogens is 394 g/mol. The summed E-state index contributed by atoms with van der Waals surface area (Å²) < 4.78 is 18.5. The third-order valence-electron chi connectivity index (χ3n) is 4.23. The Morgan fingerprint density at radius 3 is 2.45 bits per heavy atom. The Bertz CT molecular complexity index is 949. The number of furan rings is 1. The fraction of sp³-hybridized carbons (Fsp3) is 0.333. The minimum atomic E-state index is -0.251. The van der Waals surface area contributed by atoms with Crippen LogP contribution in [-0.2, 0) is 19.7 Å². The van der Waals surface area contributed by atoms with Gasteiger partial charge in [-0.3, -0.25) is 9.48 Å². The molecule has 8 heteroatoms. The molecule has 0 unspecified atom stereocenters. The average Bonchev–Trinajstić information content (AvgIpc) is 3.34. The summed E-state index contributed by atoms with van der Waals surface area (Å²) in [6.07, 6.45) is 1.75. The molecule has 0 atom stereocenters. The number of halogens is 1. The standard InChI is InChI=1S/C21H24ClN3O4/c1-4-25-12-18(22)19(23-25)13-24(3)21(26)20-11-10-17(29-20)14-28-16-8-6-15(7-9-16)27-5-2/h6-12H,4-5,13-14H2,1-3H3. The van der Waals surface area contributed by atoms with Crippen molar-refractivity contribution in [2.45, 2.75) is 33.5 Å². The number of rotatable bonds is 9. The van der Waals surface area contributed by atoms with Crippen molar-refractivity contribution in [2.75, 3.05) is 13.7 Å². The number of nitrogens with zero attached hydrogens (tertiary/aromatic N) is 3. The van der Waals surface area contributed by atoms with Gasteiger partial charge in [-0.15, -0.1) is 0 Å². The molecule has 1 amide bonds. The van der Waals surface area contributed by atoms with Crippen molar-refractivity contribution in [3.63, 3.8) is 0 Å². The van der Waals surface area contributed by atoms with E-state index in [0.29, 0.717) is 41.9 Å². The molecular formula is C21H24ClN3O4. The minimum Gasteiger partial charge on any atom is -0.494 e. The average molecular weight is 418 g/mol. The zero-order chi connectivity index (χ0) is 20.8. The number of ether oxygens (including phenoxy) is 2. The lowest BCUT2D eigenvalue weighted by Gasteiger charge is -2.14. The molecule has 0 bridgehead atoms. The zero-order valence-corrected chi connectivity index (χ0v) is 17.5. The van der Waals surface area contributed by atoms with Crippen molar-refractivity contribution in [3.8, 4) is 11.5 Å². The molecule has 0 radical (unpaired) electrons. The van der Waals surface area contributed by atoms with E-state index in [4.69, 9.17) is 25.5 Å². The molecule has 0 aliphatic carbocycles. The molecule has 0 aliphatic heterocycles. The number of aryl methyl sites for hydroxylation is 1. The van der Waals surface area contributed by atoms with E-state index in [0.717, 1.165) is 5.75 Å². The largest absolute Gasteiger partial charge is 0.494 e. The normalized spacial score (nSPS) is 10.8. The van der Waals surface area contributed by atoms with E-state index in [1.54, 1.807) is 30.1 Å². The summed E-state index contributed by atoms with van der Waals surface area (Å²) in [6.45, 7) is 5.75. The molecule has 0 saturated heterocycles. The van der Waals surface area contributed by atoms with Crippen LogP contribution in [0.3, 0.4) is 0 Å². The molecule has 0 saturated carbocycles. The monoisotopic (exact) mass is 417 g/mol. The summed E-state index contributed by atoms with van der Waals surface area (Å²) in [4.78, 5) is 14.1. The maximum Gasteiger partial charge on any atom is 0.289 e. The second kappa shape index (κ2) is 9.52. The zero-order valence-electron chi connectivity index (χ0n) is 16.7. The highest BCUT2D eigenvalue weighted by Gasteiger charge is 2.19. The van der Waals surface area contributed by atoms with E-state index in [2.05, 4.69) is 5.10 Å². The molecule has 2 aromatic heterocycles. The Morgan fingerprint density at radius 1 is 1.14 bits per heavy atom. The summed E-state index contributed by atoms with van der Waals surface area (Å²) in [5.74, 6) is 2.03. The van der Waals surface area contributed by atoms with Gasteiger partial charge in [-0.05, 0) is 50.2 Å². The molecule has 0 fully saturated rings. The maximum atomic E-state index is 12.6. The van der Waals surface area contributed by atoms with E-state index in [-0.39, 0.29) is 18.3 Å². The van der Waals surface area contributed by atoms with Gasteiger partial charge in [-0.2, -0.15) is 5.10 Å². The van der Waals surface area contributed by atoms with Crippen molar-refractivity contribution >= 4 is 17.5 Å². The van der Waals surface area contributed by atoms with E-state index >= 15 is 0 Å². The number of hydrogen-bond acceptors (Lipinski definition) is 5. The Hall–Kier alpha value is -2.93. The van der Waals surface area contributed by atoms with Crippen molar-refractivity contribution in [3.05, 3.63) is 64.8 Å². The fourth-order valence-electron chi connectivity index (χ4n) is 2.71. The highest BCUT2D eigenvalue weighted by molar-refractivity contribution is 6.31. The van der Waals surface area contributed by atoms with Crippen LogP contribution in [0.5, 0.6) is 11.5 Å². The van der Waals surface area contributed by atoms with Gasteiger partial charge in [0.15, 0.2) is 5.76 Å². The van der Waals surface area contributed by atoms with Crippen LogP contribution in [0.4, 0.5) is 0 Å². The summed E-state index contributed by atoms with van der Waals surface area (Å²) >= 11 is 6.18. The molecule has 1 aromatic carbocycles. The maximum absolute atomic E-state index is 12.6. The topological polar surface area (TPSA) is 69.7 Å². The first kappa shape index (κ1) is 20.8. The van der Waals surface area contributed by atoms with Gasteiger partial charge < -0.3 is 18.8 Å². The molecule has 7 nitrogen and oxygen atoms in total. The van der Waals surface area contributed by atoms with Crippen LogP contribution in [-0.4, -0.2) is 34.2 Å². The van der Waals surface area contributed by atoms with Gasteiger partial charge in [-0.1, -0.05) is 11.6 Å². The Balaban J connectivity index is 1.56. The Kier molecular flexibility index (Phi) is 6.82. The predicted molar refractivity (Wildman–Crippen MR) is 109 cm³/mol. The summed E-state index contributed by atoms with van der Waals surface area (Å²) in [7, 11) is 1.68. The number of benzene rings is 1. The van der Waals surface area contributed by atoms with Gasteiger partial charge in [0.05, 0.1) is 18.2 Å². The van der Waals surface area contributed by atoms with Crippen LogP contribution in [0.1, 0.15) is 35.9 Å².